The first kappa shape index (κ1) is 7.80. The molecule has 58 valence electrons. The highest BCUT2D eigenvalue weighted by molar-refractivity contribution is 5.14. The smallest absolute Gasteiger partial charge is 0.107 e. The van der Waals surface area contributed by atoms with E-state index in [9.17, 15) is 4.39 Å². The van der Waals surface area contributed by atoms with Crippen LogP contribution in [0.2, 0.25) is 0 Å². The van der Waals surface area contributed by atoms with E-state index in [2.05, 4.69) is 0 Å². The van der Waals surface area contributed by atoms with E-state index in [0.717, 1.165) is 5.56 Å². The summed E-state index contributed by atoms with van der Waals surface area (Å²) in [7, 11) is 0. The molecular formula is C8H9FN2. The van der Waals surface area contributed by atoms with Crippen molar-refractivity contribution in [2.75, 3.05) is 6.67 Å². The lowest BCUT2D eigenvalue weighted by atomic mass is 10.3. The van der Waals surface area contributed by atoms with E-state index < -0.39 is 0 Å². The van der Waals surface area contributed by atoms with Crippen molar-refractivity contribution in [3.8, 4) is 6.07 Å². The van der Waals surface area contributed by atoms with Gasteiger partial charge in [0.15, 0.2) is 0 Å². The third-order valence-electron chi connectivity index (χ3n) is 1.44. The molecule has 0 aliphatic carbocycles. The predicted octanol–water partition coefficient (Wildman–Crippen LogP) is 1.52. The summed E-state index contributed by atoms with van der Waals surface area (Å²) in [6, 6.07) is 3.86. The van der Waals surface area contributed by atoms with Crippen LogP contribution in [-0.4, -0.2) is 11.2 Å². The molecule has 0 aliphatic heterocycles. The van der Waals surface area contributed by atoms with Crippen molar-refractivity contribution >= 4 is 0 Å². The summed E-state index contributed by atoms with van der Waals surface area (Å²) in [5, 5.41) is 8.33. The standard InChI is InChI=1S/C8H9FN2/c9-3-6-11-5-2-8(7-11)1-4-10/h2,5,7H,1,3,6H2. The second-order valence-corrected chi connectivity index (χ2v) is 2.28. The summed E-state index contributed by atoms with van der Waals surface area (Å²) in [4.78, 5) is 0. The number of hydrogen-bond donors (Lipinski definition) is 0. The van der Waals surface area contributed by atoms with Crippen molar-refractivity contribution in [3.63, 3.8) is 0 Å². The van der Waals surface area contributed by atoms with E-state index in [1.54, 1.807) is 17.0 Å². The minimum Gasteiger partial charge on any atom is -0.351 e. The van der Waals surface area contributed by atoms with Crippen LogP contribution >= 0.6 is 0 Å². The lowest BCUT2D eigenvalue weighted by Gasteiger charge is -1.94. The number of rotatable bonds is 3. The van der Waals surface area contributed by atoms with Crippen LogP contribution in [-0.2, 0) is 13.0 Å². The van der Waals surface area contributed by atoms with Crippen molar-refractivity contribution in [3.05, 3.63) is 24.0 Å². The number of nitrogens with zero attached hydrogens (tertiary/aromatic N) is 2. The summed E-state index contributed by atoms with van der Waals surface area (Å²) in [6.45, 7) is 0.0199. The summed E-state index contributed by atoms with van der Waals surface area (Å²) in [5.41, 5.74) is 0.945. The maximum atomic E-state index is 11.8. The minimum atomic E-state index is -0.360. The van der Waals surface area contributed by atoms with Gasteiger partial charge in [0.05, 0.1) is 19.0 Å². The normalized spacial score (nSPS) is 9.45. The first-order chi connectivity index (χ1) is 5.36. The van der Waals surface area contributed by atoms with Crippen LogP contribution in [0.4, 0.5) is 4.39 Å². The summed E-state index contributed by atoms with van der Waals surface area (Å²) < 4.78 is 13.5. The van der Waals surface area contributed by atoms with Crippen LogP contribution in [0, 0.1) is 11.3 Å². The molecule has 0 bridgehead atoms. The average Bonchev–Trinajstić information content (AvgIpc) is 2.38. The van der Waals surface area contributed by atoms with Gasteiger partial charge in [0, 0.05) is 12.4 Å². The van der Waals surface area contributed by atoms with Gasteiger partial charge in [-0.25, -0.2) is 4.39 Å². The Bertz CT molecular complexity index is 259. The number of aromatic nitrogens is 1. The molecule has 0 amide bonds. The van der Waals surface area contributed by atoms with Crippen LogP contribution in [0.1, 0.15) is 5.56 Å². The Balaban J connectivity index is 2.60. The Morgan fingerprint density at radius 1 is 1.64 bits per heavy atom. The largest absolute Gasteiger partial charge is 0.351 e. The number of hydrogen-bond acceptors (Lipinski definition) is 1. The Morgan fingerprint density at radius 3 is 3.09 bits per heavy atom. The van der Waals surface area contributed by atoms with Gasteiger partial charge in [0.1, 0.15) is 6.67 Å². The van der Waals surface area contributed by atoms with Gasteiger partial charge in [-0.2, -0.15) is 5.26 Å². The summed E-state index contributed by atoms with van der Waals surface area (Å²) >= 11 is 0. The Kier molecular flexibility index (Phi) is 2.67. The lowest BCUT2D eigenvalue weighted by molar-refractivity contribution is 0.446. The Labute approximate surface area is 64.9 Å². The van der Waals surface area contributed by atoms with Crippen LogP contribution in [0.3, 0.4) is 0 Å². The Hall–Kier alpha value is -1.30. The second-order valence-electron chi connectivity index (χ2n) is 2.28. The SMILES string of the molecule is N#CCc1ccn(CCF)c1. The third kappa shape index (κ3) is 2.08. The maximum absolute atomic E-state index is 11.8. The molecule has 0 unspecified atom stereocenters. The van der Waals surface area contributed by atoms with E-state index >= 15 is 0 Å². The van der Waals surface area contributed by atoms with Gasteiger partial charge < -0.3 is 4.57 Å². The van der Waals surface area contributed by atoms with Gasteiger partial charge >= 0.3 is 0 Å². The molecule has 0 saturated heterocycles. The zero-order valence-electron chi connectivity index (χ0n) is 6.13. The fraction of sp³-hybridized carbons (Fsp3) is 0.375. The van der Waals surface area contributed by atoms with Crippen LogP contribution in [0.25, 0.3) is 0 Å². The molecule has 0 aromatic carbocycles. The maximum Gasteiger partial charge on any atom is 0.107 e. The van der Waals surface area contributed by atoms with E-state index in [1.165, 1.54) is 0 Å². The first-order valence-electron chi connectivity index (χ1n) is 3.44. The number of alkyl halides is 1. The van der Waals surface area contributed by atoms with Crippen molar-refractivity contribution in [2.45, 2.75) is 13.0 Å². The van der Waals surface area contributed by atoms with Crippen LogP contribution in [0.5, 0.6) is 0 Å². The highest BCUT2D eigenvalue weighted by Gasteiger charge is 1.94. The van der Waals surface area contributed by atoms with E-state index in [0.29, 0.717) is 13.0 Å². The molecule has 1 heterocycles. The van der Waals surface area contributed by atoms with Crippen molar-refractivity contribution in [2.24, 2.45) is 0 Å². The number of nitriles is 1. The third-order valence-corrected chi connectivity index (χ3v) is 1.44. The topological polar surface area (TPSA) is 28.7 Å². The molecule has 0 aliphatic rings. The fourth-order valence-electron chi connectivity index (χ4n) is 0.923. The second kappa shape index (κ2) is 3.77. The zero-order valence-corrected chi connectivity index (χ0v) is 6.13. The van der Waals surface area contributed by atoms with E-state index in [-0.39, 0.29) is 6.67 Å². The average molecular weight is 152 g/mol. The molecule has 0 N–H and O–H groups in total. The molecule has 0 radical (unpaired) electrons. The highest BCUT2D eigenvalue weighted by atomic mass is 19.1. The molecule has 11 heavy (non-hydrogen) atoms. The van der Waals surface area contributed by atoms with Gasteiger partial charge in [-0.05, 0) is 11.6 Å². The van der Waals surface area contributed by atoms with Crippen molar-refractivity contribution in [1.29, 1.82) is 5.26 Å². The molecule has 0 atom stereocenters. The zero-order chi connectivity index (χ0) is 8.10. The first-order valence-corrected chi connectivity index (χ1v) is 3.44. The van der Waals surface area contributed by atoms with E-state index in [1.807, 2.05) is 12.1 Å². The monoisotopic (exact) mass is 152 g/mol. The van der Waals surface area contributed by atoms with E-state index in [4.69, 9.17) is 5.26 Å². The molecule has 0 saturated carbocycles. The molecule has 0 spiro atoms. The molecule has 1 aromatic heterocycles. The van der Waals surface area contributed by atoms with Crippen molar-refractivity contribution in [1.82, 2.24) is 4.57 Å². The van der Waals surface area contributed by atoms with Crippen LogP contribution in [0.15, 0.2) is 18.5 Å². The predicted molar refractivity (Wildman–Crippen MR) is 39.7 cm³/mol. The molecule has 1 aromatic rings. The molecule has 2 nitrogen and oxygen atoms in total. The summed E-state index contributed by atoms with van der Waals surface area (Å²) in [6.07, 6.45) is 3.98. The van der Waals surface area contributed by atoms with Gasteiger partial charge in [-0.15, -0.1) is 0 Å². The lowest BCUT2D eigenvalue weighted by Crippen LogP contribution is -1.94. The molecular weight excluding hydrogens is 143 g/mol. The fourth-order valence-corrected chi connectivity index (χ4v) is 0.923. The van der Waals surface area contributed by atoms with Gasteiger partial charge in [0.25, 0.3) is 0 Å². The Morgan fingerprint density at radius 2 is 2.45 bits per heavy atom. The summed E-state index contributed by atoms with van der Waals surface area (Å²) in [5.74, 6) is 0. The van der Waals surface area contributed by atoms with Crippen molar-refractivity contribution < 1.29 is 4.39 Å². The minimum absolute atomic E-state index is 0.360. The highest BCUT2D eigenvalue weighted by Crippen LogP contribution is 2.01. The molecule has 3 heteroatoms. The number of aryl methyl sites for hydroxylation is 1. The van der Waals surface area contributed by atoms with Gasteiger partial charge in [-0.1, -0.05) is 0 Å². The van der Waals surface area contributed by atoms with Gasteiger partial charge in [0.2, 0.25) is 0 Å². The quantitative estimate of drug-likeness (QED) is 0.645. The molecule has 0 fully saturated rings. The molecule has 1 rings (SSSR count). The van der Waals surface area contributed by atoms with Crippen LogP contribution < -0.4 is 0 Å². The number of halogens is 1. The van der Waals surface area contributed by atoms with Gasteiger partial charge in [-0.3, -0.25) is 0 Å².